The number of hydrogen-bond donors (Lipinski definition) is 1. The first-order chi connectivity index (χ1) is 18.5. The number of unbranched alkanes of at least 4 members (excludes halogenated alkanes) is 1. The molecule has 1 aliphatic carbocycles. The quantitative estimate of drug-likeness (QED) is 0.382. The van der Waals surface area contributed by atoms with E-state index in [1.165, 1.54) is 19.3 Å². The molecule has 2 amide bonds. The van der Waals surface area contributed by atoms with Gasteiger partial charge in [0, 0.05) is 64.9 Å². The van der Waals surface area contributed by atoms with Crippen LogP contribution in [0.25, 0.3) is 0 Å². The predicted molar refractivity (Wildman–Crippen MR) is 162 cm³/mol. The minimum absolute atomic E-state index is 0. The van der Waals surface area contributed by atoms with Crippen molar-refractivity contribution in [3.63, 3.8) is 0 Å². The van der Waals surface area contributed by atoms with E-state index in [4.69, 9.17) is 14.5 Å². The molecule has 40 heavy (non-hydrogen) atoms. The molecular weight excluding hydrogens is 553 g/mol. The third-order valence-corrected chi connectivity index (χ3v) is 8.32. The zero-order chi connectivity index (χ0) is 26.9. The highest BCUT2D eigenvalue weighted by Crippen LogP contribution is 2.33. The van der Waals surface area contributed by atoms with Crippen LogP contribution >= 0.6 is 24.8 Å². The first-order valence-corrected chi connectivity index (χ1v) is 14.9. The van der Waals surface area contributed by atoms with Gasteiger partial charge in [-0.1, -0.05) is 33.1 Å². The van der Waals surface area contributed by atoms with Crippen LogP contribution in [-0.4, -0.2) is 96.9 Å². The van der Waals surface area contributed by atoms with E-state index in [9.17, 15) is 9.59 Å². The van der Waals surface area contributed by atoms with Gasteiger partial charge in [-0.25, -0.2) is 4.98 Å². The monoisotopic (exact) mass is 603 g/mol. The Bertz CT molecular complexity index is 903. The highest BCUT2D eigenvalue weighted by Gasteiger charge is 2.37. The number of aromatic nitrogens is 2. The van der Waals surface area contributed by atoms with Gasteiger partial charge in [0.1, 0.15) is 11.5 Å². The maximum absolute atomic E-state index is 14.3. The molecule has 0 radical (unpaired) electrons. The highest BCUT2D eigenvalue weighted by atomic mass is 35.5. The molecule has 1 N–H and O–H groups in total. The first-order valence-electron chi connectivity index (χ1n) is 14.9. The van der Waals surface area contributed by atoms with Crippen LogP contribution in [0, 0.1) is 11.8 Å². The molecule has 0 spiro atoms. The number of methoxy groups -OCH3 is 1. The summed E-state index contributed by atoms with van der Waals surface area (Å²) >= 11 is 0. The van der Waals surface area contributed by atoms with E-state index in [-0.39, 0.29) is 48.6 Å². The molecule has 230 valence electrons. The molecule has 11 heteroatoms. The largest absolute Gasteiger partial charge is 0.385 e. The van der Waals surface area contributed by atoms with Crippen molar-refractivity contribution in [2.75, 3.05) is 59.7 Å². The van der Waals surface area contributed by atoms with Gasteiger partial charge in [0.2, 0.25) is 5.91 Å². The number of piperidine rings is 1. The van der Waals surface area contributed by atoms with Crippen LogP contribution in [-0.2, 0) is 20.8 Å². The number of carbonyl (C=O) groups excluding carboxylic acids is 2. The van der Waals surface area contributed by atoms with Gasteiger partial charge in [0.25, 0.3) is 5.91 Å². The second-order valence-corrected chi connectivity index (χ2v) is 11.7. The summed E-state index contributed by atoms with van der Waals surface area (Å²) in [7, 11) is 1.73. The lowest BCUT2D eigenvalue weighted by Crippen LogP contribution is -2.56. The van der Waals surface area contributed by atoms with Crippen LogP contribution in [0.1, 0.15) is 87.4 Å². The Morgan fingerprint density at radius 1 is 1.12 bits per heavy atom. The van der Waals surface area contributed by atoms with Gasteiger partial charge >= 0.3 is 0 Å². The van der Waals surface area contributed by atoms with E-state index >= 15 is 0 Å². The molecule has 0 aromatic carbocycles. The number of carbonyl (C=O) groups is 2. The molecule has 2 aliphatic heterocycles. The molecule has 1 aromatic heterocycles. The van der Waals surface area contributed by atoms with Crippen LogP contribution in [0.2, 0.25) is 0 Å². The summed E-state index contributed by atoms with van der Waals surface area (Å²) in [6, 6.07) is -0.0244. The van der Waals surface area contributed by atoms with Crippen molar-refractivity contribution in [2.45, 2.75) is 83.7 Å². The van der Waals surface area contributed by atoms with Crippen LogP contribution < -0.4 is 5.32 Å². The normalized spacial score (nSPS) is 21.9. The fourth-order valence-electron chi connectivity index (χ4n) is 6.32. The summed E-state index contributed by atoms with van der Waals surface area (Å²) in [4.78, 5) is 36.4. The lowest BCUT2D eigenvalue weighted by atomic mass is 9.88. The van der Waals surface area contributed by atoms with Crippen LogP contribution in [0.4, 0.5) is 0 Å². The van der Waals surface area contributed by atoms with Crippen molar-refractivity contribution < 1.29 is 19.1 Å². The number of hydrogen-bond acceptors (Lipinski definition) is 6. The Kier molecular flexibility index (Phi) is 15.3. The van der Waals surface area contributed by atoms with Crippen molar-refractivity contribution in [3.8, 4) is 0 Å². The van der Waals surface area contributed by atoms with E-state index in [1.54, 1.807) is 7.11 Å². The molecular formula is C29H51Cl2N5O4. The standard InChI is InChI=1S/C29H49N5O4.2ClH/c1-22(2)21-34(25-17-24(18-30-19-25)28(35)32-12-15-38-16-13-32)29(36)26-20-31-27(23-9-5-4-6-10-23)33(26)11-7-8-14-37-3;;/h20,22-25,30H,4-19,21H2,1-3H3;2*1H/t24-,25+;;/m1../s1. The van der Waals surface area contributed by atoms with Crippen LogP contribution in [0.15, 0.2) is 6.20 Å². The number of rotatable bonds is 11. The molecule has 0 bridgehead atoms. The zero-order valence-corrected chi connectivity index (χ0v) is 26.3. The molecule has 3 fully saturated rings. The Labute approximate surface area is 252 Å². The maximum atomic E-state index is 14.3. The van der Waals surface area contributed by atoms with Crippen LogP contribution in [0.3, 0.4) is 0 Å². The van der Waals surface area contributed by atoms with E-state index in [0.717, 1.165) is 44.7 Å². The van der Waals surface area contributed by atoms with Gasteiger partial charge in [-0.05, 0) is 38.0 Å². The smallest absolute Gasteiger partial charge is 0.272 e. The van der Waals surface area contributed by atoms with Crippen molar-refractivity contribution in [1.29, 1.82) is 0 Å². The van der Waals surface area contributed by atoms with Crippen molar-refractivity contribution in [2.24, 2.45) is 11.8 Å². The summed E-state index contributed by atoms with van der Waals surface area (Å²) in [5.74, 6) is 1.95. The SMILES string of the molecule is COCCCCn1c(C(=O)N(CC(C)C)[C@@H]2CNC[C@H](C(=O)N3CCOCC3)C2)cnc1C1CCCCC1.Cl.Cl. The molecule has 2 saturated heterocycles. The molecule has 3 aliphatic rings. The zero-order valence-electron chi connectivity index (χ0n) is 24.6. The average molecular weight is 605 g/mol. The van der Waals surface area contributed by atoms with Gasteiger partial charge < -0.3 is 29.2 Å². The first kappa shape index (κ1) is 34.8. The minimum atomic E-state index is -0.119. The Morgan fingerprint density at radius 3 is 2.52 bits per heavy atom. The molecule has 9 nitrogen and oxygen atoms in total. The third kappa shape index (κ3) is 9.05. The fourth-order valence-corrected chi connectivity index (χ4v) is 6.32. The van der Waals surface area contributed by atoms with Crippen LogP contribution in [0.5, 0.6) is 0 Å². The van der Waals surface area contributed by atoms with E-state index in [0.29, 0.717) is 69.9 Å². The van der Waals surface area contributed by atoms with Gasteiger partial charge in [0.15, 0.2) is 0 Å². The highest BCUT2D eigenvalue weighted by molar-refractivity contribution is 5.93. The van der Waals surface area contributed by atoms with E-state index in [1.807, 2.05) is 16.0 Å². The van der Waals surface area contributed by atoms with Crippen molar-refractivity contribution >= 4 is 36.6 Å². The van der Waals surface area contributed by atoms with Gasteiger partial charge in [-0.2, -0.15) is 0 Å². The number of nitrogens with zero attached hydrogens (tertiary/aromatic N) is 4. The second kappa shape index (κ2) is 17.5. The lowest BCUT2D eigenvalue weighted by Gasteiger charge is -2.40. The Hall–Kier alpha value is -1.39. The van der Waals surface area contributed by atoms with Crippen molar-refractivity contribution in [1.82, 2.24) is 24.7 Å². The van der Waals surface area contributed by atoms with Gasteiger partial charge in [-0.15, -0.1) is 24.8 Å². The average Bonchev–Trinajstić information content (AvgIpc) is 3.38. The molecule has 4 rings (SSSR count). The topological polar surface area (TPSA) is 88.9 Å². The molecule has 1 aromatic rings. The molecule has 2 atom stereocenters. The number of amides is 2. The lowest BCUT2D eigenvalue weighted by molar-refractivity contribution is -0.140. The van der Waals surface area contributed by atoms with E-state index in [2.05, 4.69) is 23.7 Å². The minimum Gasteiger partial charge on any atom is -0.385 e. The summed E-state index contributed by atoms with van der Waals surface area (Å²) in [6.45, 7) is 10.4. The van der Waals surface area contributed by atoms with Crippen molar-refractivity contribution in [3.05, 3.63) is 17.7 Å². The Morgan fingerprint density at radius 2 is 1.85 bits per heavy atom. The maximum Gasteiger partial charge on any atom is 0.272 e. The number of ether oxygens (including phenoxy) is 2. The summed E-state index contributed by atoms with van der Waals surface area (Å²) in [5.41, 5.74) is 0.699. The predicted octanol–water partition coefficient (Wildman–Crippen LogP) is 4.14. The molecule has 0 unspecified atom stereocenters. The fraction of sp³-hybridized carbons (Fsp3) is 0.828. The summed E-state index contributed by atoms with van der Waals surface area (Å²) in [5, 5.41) is 3.48. The number of nitrogens with one attached hydrogen (secondary N) is 1. The van der Waals surface area contributed by atoms with Gasteiger partial charge in [0.05, 0.1) is 25.3 Å². The summed E-state index contributed by atoms with van der Waals surface area (Å²) in [6.07, 6.45) is 10.5. The number of morpholine rings is 1. The molecule has 3 heterocycles. The Balaban J connectivity index is 0.00000280. The second-order valence-electron chi connectivity index (χ2n) is 11.7. The van der Waals surface area contributed by atoms with E-state index < -0.39 is 0 Å². The van der Waals surface area contributed by atoms with Gasteiger partial charge in [-0.3, -0.25) is 9.59 Å². The third-order valence-electron chi connectivity index (χ3n) is 8.32. The molecule has 1 saturated carbocycles. The number of imidazole rings is 1. The number of halogens is 2. The summed E-state index contributed by atoms with van der Waals surface area (Å²) < 4.78 is 12.9.